The summed E-state index contributed by atoms with van der Waals surface area (Å²) in [6, 6.07) is 27.0. The van der Waals surface area contributed by atoms with Crippen LogP contribution in [-0.4, -0.2) is 17.3 Å². The zero-order valence-electron chi connectivity index (χ0n) is 14.6. The van der Waals surface area contributed by atoms with Crippen LogP contribution in [0.4, 0.5) is 0 Å². The van der Waals surface area contributed by atoms with E-state index < -0.39 is 17.8 Å². The molecule has 0 spiro atoms. The summed E-state index contributed by atoms with van der Waals surface area (Å²) in [5.41, 5.74) is 1.92. The van der Waals surface area contributed by atoms with Crippen LogP contribution < -0.4 is 0 Å². The van der Waals surface area contributed by atoms with E-state index in [0.29, 0.717) is 16.7 Å². The van der Waals surface area contributed by atoms with Gasteiger partial charge in [0.25, 0.3) is 0 Å². The predicted octanol–water partition coefficient (Wildman–Crippen LogP) is 4.06. The fourth-order valence-electron chi connectivity index (χ4n) is 3.84. The van der Waals surface area contributed by atoms with E-state index in [1.54, 1.807) is 72.8 Å². The van der Waals surface area contributed by atoms with Gasteiger partial charge in [0.2, 0.25) is 0 Å². The Hall–Kier alpha value is -3.33. The molecule has 0 atom stereocenters. The maximum atomic E-state index is 13.3. The molecule has 3 aromatic rings. The average Bonchev–Trinajstić information content (AvgIpc) is 2.70. The van der Waals surface area contributed by atoms with Crippen LogP contribution in [0.2, 0.25) is 0 Å². The Morgan fingerprint density at radius 2 is 0.593 bits per heavy atom. The van der Waals surface area contributed by atoms with E-state index in [2.05, 4.69) is 0 Å². The zero-order chi connectivity index (χ0) is 18.8. The van der Waals surface area contributed by atoms with Gasteiger partial charge >= 0.3 is 0 Å². The molecule has 1 aliphatic rings. The van der Waals surface area contributed by atoms with Gasteiger partial charge in [0.15, 0.2) is 17.3 Å². The van der Waals surface area contributed by atoms with Crippen molar-refractivity contribution in [1.82, 2.24) is 0 Å². The maximum Gasteiger partial charge on any atom is 0.162 e. The Morgan fingerprint density at radius 1 is 0.370 bits per heavy atom. The highest BCUT2D eigenvalue weighted by Gasteiger charge is 2.50. The van der Waals surface area contributed by atoms with E-state index in [4.69, 9.17) is 0 Å². The molecule has 1 fully saturated rings. The second-order valence-corrected chi connectivity index (χ2v) is 6.74. The number of carbonyl (C=O) groups is 3. The van der Waals surface area contributed by atoms with Gasteiger partial charge in [0.1, 0.15) is 17.8 Å². The third-order valence-electron chi connectivity index (χ3n) is 5.11. The summed E-state index contributed by atoms with van der Waals surface area (Å²) in [5, 5.41) is 0. The first kappa shape index (κ1) is 17.1. The third kappa shape index (κ3) is 3.02. The quantitative estimate of drug-likeness (QED) is 0.667. The molecule has 0 amide bonds. The van der Waals surface area contributed by atoms with Gasteiger partial charge < -0.3 is 0 Å². The minimum Gasteiger partial charge on any atom is -0.297 e. The largest absolute Gasteiger partial charge is 0.297 e. The number of hydrogen-bond donors (Lipinski definition) is 0. The van der Waals surface area contributed by atoms with Gasteiger partial charge in [-0.15, -0.1) is 0 Å². The molecular weight excluding hydrogens is 336 g/mol. The Labute approximate surface area is 157 Å². The first-order chi connectivity index (χ1) is 13.2. The number of Topliss-reactive ketones (excluding diaryl/α,β-unsaturated/α-hetero) is 3. The van der Waals surface area contributed by atoms with Crippen molar-refractivity contribution >= 4 is 17.3 Å². The van der Waals surface area contributed by atoms with E-state index in [1.165, 1.54) is 0 Å². The molecule has 3 aromatic carbocycles. The fraction of sp³-hybridized carbons (Fsp3) is 0.125. The molecule has 3 nitrogen and oxygen atoms in total. The van der Waals surface area contributed by atoms with Crippen molar-refractivity contribution in [3.05, 3.63) is 108 Å². The maximum absolute atomic E-state index is 13.3. The third-order valence-corrected chi connectivity index (χ3v) is 5.11. The van der Waals surface area contributed by atoms with Gasteiger partial charge in [-0.05, 0) is 16.7 Å². The van der Waals surface area contributed by atoms with Gasteiger partial charge in [0, 0.05) is 0 Å². The summed E-state index contributed by atoms with van der Waals surface area (Å²) in [7, 11) is 0. The molecule has 0 N–H and O–H groups in total. The van der Waals surface area contributed by atoms with Crippen LogP contribution in [0.1, 0.15) is 34.4 Å². The molecule has 0 aromatic heterocycles. The smallest absolute Gasteiger partial charge is 0.162 e. The average molecular weight is 354 g/mol. The number of carbonyl (C=O) groups excluding carboxylic acids is 3. The fourth-order valence-corrected chi connectivity index (χ4v) is 3.84. The van der Waals surface area contributed by atoms with Gasteiger partial charge in [-0.3, -0.25) is 14.4 Å². The highest BCUT2D eigenvalue weighted by molar-refractivity contribution is 6.31. The molecule has 1 saturated carbocycles. The first-order valence-electron chi connectivity index (χ1n) is 8.94. The van der Waals surface area contributed by atoms with Crippen molar-refractivity contribution in [2.24, 2.45) is 0 Å². The second-order valence-electron chi connectivity index (χ2n) is 6.74. The number of ketones is 3. The summed E-state index contributed by atoms with van der Waals surface area (Å²) < 4.78 is 0. The topological polar surface area (TPSA) is 51.2 Å². The molecular formula is C24H18O3. The van der Waals surface area contributed by atoms with Crippen LogP contribution in [0.5, 0.6) is 0 Å². The normalized spacial score (nSPS) is 22.7. The van der Waals surface area contributed by atoms with Crippen molar-refractivity contribution in [3.8, 4) is 0 Å². The minimum atomic E-state index is -0.931. The first-order valence-corrected chi connectivity index (χ1v) is 8.94. The molecule has 0 aliphatic heterocycles. The summed E-state index contributed by atoms with van der Waals surface area (Å²) in [6.07, 6.45) is 0. The highest BCUT2D eigenvalue weighted by Crippen LogP contribution is 2.41. The molecule has 0 unspecified atom stereocenters. The van der Waals surface area contributed by atoms with Crippen molar-refractivity contribution in [1.29, 1.82) is 0 Å². The Bertz CT molecular complexity index is 828. The van der Waals surface area contributed by atoms with E-state index >= 15 is 0 Å². The number of benzene rings is 3. The lowest BCUT2D eigenvalue weighted by molar-refractivity contribution is -0.141. The summed E-state index contributed by atoms with van der Waals surface area (Å²) >= 11 is 0. The Morgan fingerprint density at radius 3 is 0.815 bits per heavy atom. The van der Waals surface area contributed by atoms with Crippen LogP contribution in [0.15, 0.2) is 91.0 Å². The lowest BCUT2D eigenvalue weighted by atomic mass is 9.66. The van der Waals surface area contributed by atoms with Gasteiger partial charge in [-0.1, -0.05) is 91.0 Å². The molecule has 0 heterocycles. The molecule has 27 heavy (non-hydrogen) atoms. The zero-order valence-corrected chi connectivity index (χ0v) is 14.6. The van der Waals surface area contributed by atoms with Crippen LogP contribution in [0.25, 0.3) is 0 Å². The van der Waals surface area contributed by atoms with Crippen LogP contribution in [-0.2, 0) is 14.4 Å². The highest BCUT2D eigenvalue weighted by atomic mass is 16.2. The van der Waals surface area contributed by atoms with E-state index in [9.17, 15) is 14.4 Å². The second kappa shape index (κ2) is 7.12. The van der Waals surface area contributed by atoms with E-state index in [-0.39, 0.29) is 17.3 Å². The summed E-state index contributed by atoms with van der Waals surface area (Å²) in [4.78, 5) is 39.8. The van der Waals surface area contributed by atoms with Crippen molar-refractivity contribution < 1.29 is 14.4 Å². The van der Waals surface area contributed by atoms with Gasteiger partial charge in [0.05, 0.1) is 0 Å². The van der Waals surface area contributed by atoms with Crippen molar-refractivity contribution in [3.63, 3.8) is 0 Å². The monoisotopic (exact) mass is 354 g/mol. The Kier molecular flexibility index (Phi) is 4.51. The van der Waals surface area contributed by atoms with E-state index in [0.717, 1.165) is 0 Å². The van der Waals surface area contributed by atoms with Crippen molar-refractivity contribution in [2.45, 2.75) is 17.8 Å². The van der Waals surface area contributed by atoms with Crippen LogP contribution in [0.3, 0.4) is 0 Å². The van der Waals surface area contributed by atoms with Crippen LogP contribution in [0, 0.1) is 0 Å². The SMILES string of the molecule is O=C1C(c2ccccc2)C(=O)C(c2ccccc2)C(=O)C1c1ccccc1. The van der Waals surface area contributed by atoms with Gasteiger partial charge in [-0.2, -0.15) is 0 Å². The van der Waals surface area contributed by atoms with E-state index in [1.807, 2.05) is 18.2 Å². The lowest BCUT2D eigenvalue weighted by Gasteiger charge is -2.32. The van der Waals surface area contributed by atoms with Gasteiger partial charge in [-0.25, -0.2) is 0 Å². The minimum absolute atomic E-state index is 0.338. The van der Waals surface area contributed by atoms with Crippen LogP contribution >= 0.6 is 0 Å². The molecule has 0 saturated heterocycles. The van der Waals surface area contributed by atoms with Crippen molar-refractivity contribution in [2.75, 3.05) is 0 Å². The number of rotatable bonds is 3. The predicted molar refractivity (Wildman–Crippen MR) is 103 cm³/mol. The molecule has 4 rings (SSSR count). The summed E-state index contributed by atoms with van der Waals surface area (Å²) in [6.45, 7) is 0. The molecule has 1 aliphatic carbocycles. The molecule has 0 radical (unpaired) electrons. The summed E-state index contributed by atoms with van der Waals surface area (Å²) in [5.74, 6) is -3.81. The standard InChI is InChI=1S/C24H18O3/c25-22-19(16-10-4-1-5-11-16)23(26)21(18-14-8-3-9-15-18)24(27)20(22)17-12-6-2-7-13-17/h1-15,19-21H. The molecule has 0 bridgehead atoms. The molecule has 132 valence electrons. The Balaban J connectivity index is 1.87. The lowest BCUT2D eigenvalue weighted by Crippen LogP contribution is -2.44. The molecule has 3 heteroatoms. The number of hydrogen-bond acceptors (Lipinski definition) is 3.